The molecule has 0 aromatic heterocycles. The van der Waals surface area contributed by atoms with Crippen molar-refractivity contribution in [3.8, 4) is 22.6 Å². The molecule has 5 nitrogen and oxygen atoms in total. The predicted molar refractivity (Wildman–Crippen MR) is 95.3 cm³/mol. The van der Waals surface area contributed by atoms with Crippen LogP contribution in [-0.4, -0.2) is 15.2 Å². The Bertz CT molecular complexity index is 999. The lowest BCUT2D eigenvalue weighted by Gasteiger charge is -2.11. The van der Waals surface area contributed by atoms with Crippen molar-refractivity contribution in [2.75, 3.05) is 11.5 Å². The Morgan fingerprint density at radius 2 is 1.48 bits per heavy atom. The van der Waals surface area contributed by atoms with Gasteiger partial charge in [0.15, 0.2) is 11.5 Å². The number of rotatable bonds is 4. The quantitative estimate of drug-likeness (QED) is 0.773. The van der Waals surface area contributed by atoms with Crippen molar-refractivity contribution in [1.82, 2.24) is 0 Å². The van der Waals surface area contributed by atoms with Crippen molar-refractivity contribution < 1.29 is 17.9 Å². The average molecular weight is 353 g/mol. The standard InChI is InChI=1S/C19H15NO4S/c21-25(22,20-17-7-4-8-18-19(17)24-13-23-18)16-11-9-15(10-12-16)14-5-2-1-3-6-14/h1-12,20H,13H2. The van der Waals surface area contributed by atoms with Crippen molar-refractivity contribution in [1.29, 1.82) is 0 Å². The second-order valence-electron chi connectivity index (χ2n) is 5.54. The second-order valence-corrected chi connectivity index (χ2v) is 7.22. The molecule has 126 valence electrons. The van der Waals surface area contributed by atoms with Crippen LogP contribution < -0.4 is 14.2 Å². The van der Waals surface area contributed by atoms with E-state index in [1.54, 1.807) is 42.5 Å². The molecule has 0 bridgehead atoms. The first kappa shape index (κ1) is 15.5. The van der Waals surface area contributed by atoms with Gasteiger partial charge >= 0.3 is 0 Å². The van der Waals surface area contributed by atoms with Gasteiger partial charge in [0.25, 0.3) is 10.0 Å². The maximum atomic E-state index is 12.6. The van der Waals surface area contributed by atoms with Gasteiger partial charge in [-0.3, -0.25) is 4.72 Å². The molecule has 3 aromatic rings. The van der Waals surface area contributed by atoms with Gasteiger partial charge in [-0.2, -0.15) is 0 Å². The summed E-state index contributed by atoms with van der Waals surface area (Å²) in [6.07, 6.45) is 0. The van der Waals surface area contributed by atoms with Gasteiger partial charge in [-0.15, -0.1) is 0 Å². The number of hydrogen-bond acceptors (Lipinski definition) is 4. The van der Waals surface area contributed by atoms with E-state index in [0.717, 1.165) is 11.1 Å². The van der Waals surface area contributed by atoms with E-state index in [1.165, 1.54) is 0 Å². The molecule has 0 saturated heterocycles. The van der Waals surface area contributed by atoms with Crippen molar-refractivity contribution in [3.05, 3.63) is 72.8 Å². The Hall–Kier alpha value is -2.99. The van der Waals surface area contributed by atoms with Crippen LogP contribution in [0.1, 0.15) is 0 Å². The van der Waals surface area contributed by atoms with E-state index in [-0.39, 0.29) is 11.7 Å². The number of nitrogens with one attached hydrogen (secondary N) is 1. The summed E-state index contributed by atoms with van der Waals surface area (Å²) >= 11 is 0. The molecule has 6 heteroatoms. The number of fused-ring (bicyclic) bond motifs is 1. The summed E-state index contributed by atoms with van der Waals surface area (Å²) in [5.41, 5.74) is 2.35. The highest BCUT2D eigenvalue weighted by molar-refractivity contribution is 7.92. The minimum Gasteiger partial charge on any atom is -0.454 e. The van der Waals surface area contributed by atoms with E-state index < -0.39 is 10.0 Å². The normalized spacial score (nSPS) is 12.8. The van der Waals surface area contributed by atoms with Gasteiger partial charge in [0.05, 0.1) is 10.6 Å². The van der Waals surface area contributed by atoms with Crippen LogP contribution >= 0.6 is 0 Å². The van der Waals surface area contributed by atoms with E-state index in [0.29, 0.717) is 17.2 Å². The number of ether oxygens (including phenoxy) is 2. The van der Waals surface area contributed by atoms with Gasteiger partial charge < -0.3 is 9.47 Å². The number of hydrogen-bond donors (Lipinski definition) is 1. The van der Waals surface area contributed by atoms with Crippen LogP contribution in [0.3, 0.4) is 0 Å². The molecule has 0 amide bonds. The first-order chi connectivity index (χ1) is 12.1. The van der Waals surface area contributed by atoms with Crippen LogP contribution in [0.5, 0.6) is 11.5 Å². The lowest BCUT2D eigenvalue weighted by Crippen LogP contribution is -2.13. The van der Waals surface area contributed by atoms with Crippen LogP contribution in [0, 0.1) is 0 Å². The lowest BCUT2D eigenvalue weighted by atomic mass is 10.1. The molecule has 0 spiro atoms. The highest BCUT2D eigenvalue weighted by Crippen LogP contribution is 2.39. The molecule has 1 N–H and O–H groups in total. The maximum absolute atomic E-state index is 12.6. The van der Waals surface area contributed by atoms with Gasteiger partial charge in [-0.1, -0.05) is 48.5 Å². The fraction of sp³-hybridized carbons (Fsp3) is 0.0526. The summed E-state index contributed by atoms with van der Waals surface area (Å²) in [4.78, 5) is 0.184. The third kappa shape index (κ3) is 3.04. The Labute approximate surface area is 145 Å². The third-order valence-electron chi connectivity index (χ3n) is 3.91. The zero-order valence-electron chi connectivity index (χ0n) is 13.2. The Kier molecular flexibility index (Phi) is 3.82. The maximum Gasteiger partial charge on any atom is 0.262 e. The molecule has 4 rings (SSSR count). The van der Waals surface area contributed by atoms with Gasteiger partial charge in [-0.05, 0) is 35.4 Å². The molecule has 0 unspecified atom stereocenters. The molecule has 1 heterocycles. The fourth-order valence-electron chi connectivity index (χ4n) is 2.67. The van der Waals surface area contributed by atoms with E-state index in [9.17, 15) is 8.42 Å². The number of benzene rings is 3. The van der Waals surface area contributed by atoms with Crippen molar-refractivity contribution >= 4 is 15.7 Å². The Morgan fingerprint density at radius 1 is 0.760 bits per heavy atom. The number of sulfonamides is 1. The topological polar surface area (TPSA) is 64.6 Å². The first-order valence-corrected chi connectivity index (χ1v) is 9.19. The Morgan fingerprint density at radius 3 is 2.24 bits per heavy atom. The van der Waals surface area contributed by atoms with Crippen LogP contribution in [0.25, 0.3) is 11.1 Å². The van der Waals surface area contributed by atoms with Gasteiger partial charge in [0.2, 0.25) is 6.79 Å². The monoisotopic (exact) mass is 353 g/mol. The first-order valence-electron chi connectivity index (χ1n) is 7.70. The van der Waals surface area contributed by atoms with Crippen LogP contribution in [0.15, 0.2) is 77.7 Å². The number of anilines is 1. The highest BCUT2D eigenvalue weighted by atomic mass is 32.2. The van der Waals surface area contributed by atoms with Crippen molar-refractivity contribution in [3.63, 3.8) is 0 Å². The minimum absolute atomic E-state index is 0.0832. The molecular formula is C19H15NO4S. The molecule has 1 aliphatic rings. The fourth-order valence-corrected chi connectivity index (χ4v) is 3.73. The minimum atomic E-state index is -3.72. The SMILES string of the molecule is O=S(=O)(Nc1cccc2c1OCO2)c1ccc(-c2ccccc2)cc1. The summed E-state index contributed by atoms with van der Waals surface area (Å²) < 4.78 is 38.5. The molecule has 0 saturated carbocycles. The van der Waals surface area contributed by atoms with E-state index >= 15 is 0 Å². The largest absolute Gasteiger partial charge is 0.454 e. The van der Waals surface area contributed by atoms with Crippen LogP contribution in [-0.2, 0) is 10.0 Å². The van der Waals surface area contributed by atoms with Crippen molar-refractivity contribution in [2.45, 2.75) is 4.90 Å². The van der Waals surface area contributed by atoms with Gasteiger partial charge in [-0.25, -0.2) is 8.42 Å². The van der Waals surface area contributed by atoms with Crippen molar-refractivity contribution in [2.24, 2.45) is 0 Å². The van der Waals surface area contributed by atoms with Gasteiger partial charge in [0.1, 0.15) is 0 Å². The third-order valence-corrected chi connectivity index (χ3v) is 5.29. The predicted octanol–water partition coefficient (Wildman–Crippen LogP) is 3.88. The molecule has 0 aliphatic carbocycles. The molecule has 0 atom stereocenters. The van der Waals surface area contributed by atoms with Crippen LogP contribution in [0.2, 0.25) is 0 Å². The van der Waals surface area contributed by atoms with E-state index in [4.69, 9.17) is 9.47 Å². The lowest BCUT2D eigenvalue weighted by molar-refractivity contribution is 0.174. The summed E-state index contributed by atoms with van der Waals surface area (Å²) in [5.74, 6) is 0.937. The van der Waals surface area contributed by atoms with E-state index in [2.05, 4.69) is 4.72 Å². The smallest absolute Gasteiger partial charge is 0.262 e. The van der Waals surface area contributed by atoms with Crippen LogP contribution in [0.4, 0.5) is 5.69 Å². The summed E-state index contributed by atoms with van der Waals surface area (Å²) in [5, 5.41) is 0. The number of para-hydroxylation sites is 1. The molecular weight excluding hydrogens is 338 g/mol. The van der Waals surface area contributed by atoms with Gasteiger partial charge in [0, 0.05) is 0 Å². The molecule has 0 radical (unpaired) electrons. The summed E-state index contributed by atoms with van der Waals surface area (Å²) in [7, 11) is -3.72. The zero-order valence-corrected chi connectivity index (χ0v) is 14.0. The average Bonchev–Trinajstić information content (AvgIpc) is 3.12. The Balaban J connectivity index is 1.62. The molecule has 1 aliphatic heterocycles. The highest BCUT2D eigenvalue weighted by Gasteiger charge is 2.22. The van der Waals surface area contributed by atoms with E-state index in [1.807, 2.05) is 30.3 Å². The molecule has 25 heavy (non-hydrogen) atoms. The molecule has 0 fully saturated rings. The second kappa shape index (κ2) is 6.14. The molecule has 3 aromatic carbocycles. The summed E-state index contributed by atoms with van der Waals surface area (Å²) in [6.45, 7) is 0.0832. The summed E-state index contributed by atoms with van der Waals surface area (Å²) in [6, 6.07) is 21.6. The zero-order chi connectivity index (χ0) is 17.3.